The summed E-state index contributed by atoms with van der Waals surface area (Å²) in [5.41, 5.74) is 9.77. The van der Waals surface area contributed by atoms with Gasteiger partial charge in [0, 0.05) is 67.9 Å². The van der Waals surface area contributed by atoms with Crippen molar-refractivity contribution in [1.82, 2.24) is 40.5 Å². The van der Waals surface area contributed by atoms with E-state index in [1.54, 1.807) is 39.3 Å². The van der Waals surface area contributed by atoms with Gasteiger partial charge in [-0.2, -0.15) is 0 Å². The van der Waals surface area contributed by atoms with Gasteiger partial charge in [0.15, 0.2) is 0 Å². The van der Waals surface area contributed by atoms with Crippen LogP contribution in [0.15, 0.2) is 73.2 Å². The number of rotatable bonds is 12. The highest BCUT2D eigenvalue weighted by molar-refractivity contribution is 6.03. The molecule has 4 amide bonds. The summed E-state index contributed by atoms with van der Waals surface area (Å²) in [5, 5.41) is 22.0. The Bertz CT molecular complexity index is 2900. The number of nitrogens with one attached hydrogen (secondary N) is 4. The summed E-state index contributed by atoms with van der Waals surface area (Å²) < 4.78 is 18.7. The SMILES string of the molecule is CCn1c(-c2cnccc2COC)c2c3cc(ccc31)-c1cc(O)cc(c1)C[C@H](NC(=O)[C@H](C(C)C)N(C)C(=O)c1ccc(NC(=O)[C@@H]3N[C@@H]3C(=O)OC)cn1)C(=O)N1CCC[C@H](N1)C(=O)OCC(C)(C)C2. The number of benzene rings is 2. The van der Waals surface area contributed by atoms with Gasteiger partial charge in [-0.05, 0) is 102 Å². The molecule has 2 saturated heterocycles. The van der Waals surface area contributed by atoms with E-state index in [1.165, 1.54) is 42.4 Å². The van der Waals surface area contributed by atoms with Crippen molar-refractivity contribution in [3.05, 3.63) is 95.6 Å². The van der Waals surface area contributed by atoms with Gasteiger partial charge in [0.2, 0.25) is 11.8 Å². The van der Waals surface area contributed by atoms with E-state index in [1.807, 2.05) is 24.4 Å². The first-order valence-corrected chi connectivity index (χ1v) is 24.2. The molecule has 0 spiro atoms. The number of hydrogen-bond donors (Lipinski definition) is 5. The first-order chi connectivity index (χ1) is 34.4. The van der Waals surface area contributed by atoms with Crippen LogP contribution < -0.4 is 21.4 Å². The molecule has 0 radical (unpaired) electrons. The standard InChI is InChI=1S/C53H63N9O10/c1-9-61-42-15-12-31-23-36(42)37(46(61)38-26-54-17-16-32(38)27-70-7)24-53(4,5)28-72-51(68)40-11-10-18-62(59-40)50(67)41(21-30-19-33(31)22-35(63)20-30)57-48(65)45(29(2)3)60(6)49(66)39-14-13-34(25-55-39)56-47(64)43-44(58-43)52(69)71-8/h12-17,19-20,22-23,25-26,29,40-41,43-45,58-59,63H,9-11,18,21,24,27-28H2,1-8H3,(H,56,64)(H,57,65)/t40-,41-,43+,44-,45-/m0/s1. The number of carbonyl (C=O) groups is 6. The summed E-state index contributed by atoms with van der Waals surface area (Å²) in [7, 11) is 4.37. The number of pyridine rings is 2. The maximum Gasteiger partial charge on any atom is 0.325 e. The highest BCUT2D eigenvalue weighted by Gasteiger charge is 2.48. The number of aryl methyl sites for hydroxylation is 1. The zero-order valence-electron chi connectivity index (χ0n) is 41.9. The fourth-order valence-corrected chi connectivity index (χ4v) is 9.93. The Kier molecular flexibility index (Phi) is 15.1. The van der Waals surface area contributed by atoms with Gasteiger partial charge in [-0.15, -0.1) is 0 Å². The summed E-state index contributed by atoms with van der Waals surface area (Å²) in [5.74, 6) is -3.76. The fourth-order valence-electron chi connectivity index (χ4n) is 9.93. The number of fused-ring (bicyclic) bond motifs is 6. The Hall–Kier alpha value is -7.22. The number of anilines is 1. The molecule has 2 aromatic carbocycles. The molecule has 3 aromatic heterocycles. The average Bonchev–Trinajstić information content (AvgIpc) is 4.12. The third-order valence-corrected chi connectivity index (χ3v) is 13.5. The van der Waals surface area contributed by atoms with Crippen LogP contribution in [0.4, 0.5) is 5.69 Å². The van der Waals surface area contributed by atoms with Gasteiger partial charge in [0.1, 0.15) is 41.7 Å². The van der Waals surface area contributed by atoms with Crippen molar-refractivity contribution in [3.63, 3.8) is 0 Å². The molecular formula is C53H63N9O10. The van der Waals surface area contributed by atoms with Gasteiger partial charge < -0.3 is 39.4 Å². The summed E-state index contributed by atoms with van der Waals surface area (Å²) in [6.07, 6.45) is 6.27. The van der Waals surface area contributed by atoms with E-state index in [0.29, 0.717) is 43.5 Å². The monoisotopic (exact) mass is 985 g/mol. The van der Waals surface area contributed by atoms with Gasteiger partial charge >= 0.3 is 11.9 Å². The van der Waals surface area contributed by atoms with Crippen LogP contribution in [-0.4, -0.2) is 130 Å². The molecule has 0 saturated carbocycles. The first-order valence-electron chi connectivity index (χ1n) is 24.2. The van der Waals surface area contributed by atoms with E-state index in [0.717, 1.165) is 38.9 Å². The molecule has 0 aliphatic carbocycles. The number of carbonyl (C=O) groups excluding carboxylic acids is 6. The summed E-state index contributed by atoms with van der Waals surface area (Å²) >= 11 is 0. The summed E-state index contributed by atoms with van der Waals surface area (Å²) in [6.45, 7) is 11.1. The van der Waals surface area contributed by atoms with E-state index in [-0.39, 0.29) is 36.7 Å². The Morgan fingerprint density at radius 2 is 1.81 bits per heavy atom. The van der Waals surface area contributed by atoms with Crippen molar-refractivity contribution in [2.75, 3.05) is 39.7 Å². The molecule has 72 heavy (non-hydrogen) atoms. The van der Waals surface area contributed by atoms with Gasteiger partial charge in [0.05, 0.1) is 37.9 Å². The van der Waals surface area contributed by atoms with Crippen LogP contribution in [0.2, 0.25) is 0 Å². The minimum absolute atomic E-state index is 0.00921. The predicted molar refractivity (Wildman–Crippen MR) is 267 cm³/mol. The Morgan fingerprint density at radius 3 is 2.51 bits per heavy atom. The number of phenols is 1. The van der Waals surface area contributed by atoms with Crippen LogP contribution in [0, 0.1) is 11.3 Å². The topological polar surface area (TPSA) is 246 Å². The molecule has 5 atom stereocenters. The van der Waals surface area contributed by atoms with E-state index >= 15 is 0 Å². The average molecular weight is 986 g/mol. The molecule has 0 unspecified atom stereocenters. The maximum absolute atomic E-state index is 14.8. The minimum Gasteiger partial charge on any atom is -0.508 e. The second kappa shape index (κ2) is 21.2. The molecule has 8 rings (SSSR count). The lowest BCUT2D eigenvalue weighted by Crippen LogP contribution is -2.62. The quantitative estimate of drug-likeness (QED) is 0.0852. The number of phenolic OH excluding ortho intramolecular Hbond substituents is 1. The summed E-state index contributed by atoms with van der Waals surface area (Å²) in [4.78, 5) is 91.8. The van der Waals surface area contributed by atoms with Crippen LogP contribution in [-0.2, 0) is 64.2 Å². The fraction of sp³-hybridized carbons (Fsp3) is 0.434. The number of amides is 4. The second-order valence-electron chi connectivity index (χ2n) is 19.9. The molecule has 3 aliphatic rings. The van der Waals surface area contributed by atoms with E-state index < -0.39 is 77.1 Å². The third kappa shape index (κ3) is 10.8. The zero-order chi connectivity index (χ0) is 51.6. The number of ether oxygens (including phenoxy) is 3. The number of aromatic nitrogens is 3. The molecular weight excluding hydrogens is 923 g/mol. The Balaban J connectivity index is 1.13. The van der Waals surface area contributed by atoms with Crippen molar-refractivity contribution in [2.24, 2.45) is 11.3 Å². The van der Waals surface area contributed by atoms with Crippen LogP contribution in [0.1, 0.15) is 74.6 Å². The first kappa shape index (κ1) is 51.1. The van der Waals surface area contributed by atoms with Crippen LogP contribution in [0.25, 0.3) is 33.3 Å². The van der Waals surface area contributed by atoms with Gasteiger partial charge in [0.25, 0.3) is 11.8 Å². The number of hydrazine groups is 1. The van der Waals surface area contributed by atoms with Crippen LogP contribution >= 0.6 is 0 Å². The Labute approximate surface area is 418 Å². The second-order valence-corrected chi connectivity index (χ2v) is 19.9. The van der Waals surface area contributed by atoms with Gasteiger partial charge in [-0.1, -0.05) is 39.8 Å². The number of aromatic hydroxyl groups is 1. The number of hydrogen-bond acceptors (Lipinski definition) is 14. The smallest absolute Gasteiger partial charge is 0.325 e. The lowest BCUT2D eigenvalue weighted by atomic mass is 9.84. The van der Waals surface area contributed by atoms with Crippen molar-refractivity contribution in [2.45, 2.75) is 104 Å². The molecule has 5 aromatic rings. The van der Waals surface area contributed by atoms with E-state index in [2.05, 4.69) is 73.6 Å². The van der Waals surface area contributed by atoms with Crippen molar-refractivity contribution in [3.8, 4) is 28.1 Å². The Morgan fingerprint density at radius 1 is 1.01 bits per heavy atom. The van der Waals surface area contributed by atoms with Crippen LogP contribution in [0.3, 0.4) is 0 Å². The molecule has 6 bridgehead atoms. The van der Waals surface area contributed by atoms with Crippen LogP contribution in [0.5, 0.6) is 5.75 Å². The van der Waals surface area contributed by atoms with Gasteiger partial charge in [-0.25, -0.2) is 10.4 Å². The highest BCUT2D eigenvalue weighted by Crippen LogP contribution is 2.41. The molecule has 3 aliphatic heterocycles. The van der Waals surface area contributed by atoms with E-state index in [9.17, 15) is 33.9 Å². The largest absolute Gasteiger partial charge is 0.508 e. The third-order valence-electron chi connectivity index (χ3n) is 13.5. The number of esters is 2. The number of nitrogens with zero attached hydrogens (tertiary/aromatic N) is 5. The lowest BCUT2D eigenvalue weighted by molar-refractivity contribution is -0.155. The normalized spacial score (nSPS) is 20.3. The molecule has 2 fully saturated rings. The van der Waals surface area contributed by atoms with E-state index in [4.69, 9.17) is 9.47 Å². The van der Waals surface area contributed by atoms with Crippen molar-refractivity contribution in [1.29, 1.82) is 0 Å². The van der Waals surface area contributed by atoms with Crippen molar-refractivity contribution >= 4 is 52.2 Å². The maximum atomic E-state index is 14.8. The van der Waals surface area contributed by atoms with Crippen molar-refractivity contribution < 1.29 is 48.1 Å². The highest BCUT2D eigenvalue weighted by atomic mass is 16.5. The minimum atomic E-state index is -1.23. The van der Waals surface area contributed by atoms with Gasteiger partial charge in [-0.3, -0.25) is 44.1 Å². The number of cyclic esters (lactones) is 1. The summed E-state index contributed by atoms with van der Waals surface area (Å²) in [6, 6.07) is 11.5. The molecule has 19 nitrogen and oxygen atoms in total. The molecule has 6 heterocycles. The molecule has 5 N–H and O–H groups in total. The number of methoxy groups -OCH3 is 2. The zero-order valence-corrected chi connectivity index (χ0v) is 41.9. The number of likely N-dealkylation sites (N-methyl/N-ethyl adjacent to an activating group) is 1. The molecule has 380 valence electrons. The predicted octanol–water partition coefficient (Wildman–Crippen LogP) is 4.53. The lowest BCUT2D eigenvalue weighted by Gasteiger charge is -2.36. The molecule has 19 heteroatoms.